The second-order valence-corrected chi connectivity index (χ2v) is 5.04. The number of aliphatic hydroxyl groups is 1. The number of rotatable bonds is 3. The van der Waals surface area contributed by atoms with Crippen LogP contribution in [0.2, 0.25) is 5.15 Å². The van der Waals surface area contributed by atoms with Gasteiger partial charge in [-0.2, -0.15) is 10.2 Å². The van der Waals surface area contributed by atoms with Gasteiger partial charge < -0.3 is 5.11 Å². The Kier molecular flexibility index (Phi) is 3.74. The first-order valence-corrected chi connectivity index (χ1v) is 6.58. The minimum Gasteiger partial charge on any atom is -0.383 e. The monoisotopic (exact) mass is 366 g/mol. The van der Waals surface area contributed by atoms with Gasteiger partial charge in [-0.15, -0.1) is 0 Å². The number of halogens is 2. The largest absolute Gasteiger partial charge is 0.383 e. The predicted molar refractivity (Wildman–Crippen MR) is 72.9 cm³/mol. The first-order chi connectivity index (χ1) is 8.04. The average Bonchev–Trinajstić information content (AvgIpc) is 2.83. The molecule has 0 aliphatic heterocycles. The van der Waals surface area contributed by atoms with Crippen molar-refractivity contribution in [2.24, 2.45) is 7.05 Å². The van der Waals surface area contributed by atoms with Crippen molar-refractivity contribution in [1.29, 1.82) is 0 Å². The van der Waals surface area contributed by atoms with Crippen molar-refractivity contribution in [1.82, 2.24) is 19.6 Å². The highest BCUT2D eigenvalue weighted by atomic mass is 127. The molecule has 2 heterocycles. The molecule has 1 atom stereocenters. The third kappa shape index (κ3) is 2.34. The van der Waals surface area contributed by atoms with Crippen molar-refractivity contribution in [2.75, 3.05) is 0 Å². The summed E-state index contributed by atoms with van der Waals surface area (Å²) in [7, 11) is 1.80. The molecule has 0 amide bonds. The van der Waals surface area contributed by atoms with Gasteiger partial charge in [0.15, 0.2) is 0 Å². The molecule has 1 unspecified atom stereocenters. The molecule has 2 rings (SSSR count). The van der Waals surface area contributed by atoms with Crippen LogP contribution < -0.4 is 0 Å². The Morgan fingerprint density at radius 3 is 2.76 bits per heavy atom. The van der Waals surface area contributed by atoms with Gasteiger partial charge in [0.05, 0.1) is 11.8 Å². The van der Waals surface area contributed by atoms with E-state index in [1.807, 2.05) is 6.92 Å². The molecule has 0 aliphatic rings. The van der Waals surface area contributed by atoms with Crippen LogP contribution in [0.25, 0.3) is 0 Å². The quantitative estimate of drug-likeness (QED) is 0.845. The number of aryl methyl sites for hydroxylation is 2. The van der Waals surface area contributed by atoms with Gasteiger partial charge in [0, 0.05) is 25.4 Å². The Labute approximate surface area is 118 Å². The Bertz CT molecular complexity index is 536. The van der Waals surface area contributed by atoms with Crippen LogP contribution in [0.3, 0.4) is 0 Å². The fraction of sp³-hybridized carbons (Fsp3) is 0.400. The van der Waals surface area contributed by atoms with E-state index in [1.165, 1.54) is 0 Å². The van der Waals surface area contributed by atoms with Crippen molar-refractivity contribution in [3.8, 4) is 0 Å². The van der Waals surface area contributed by atoms with Crippen LogP contribution in [0.1, 0.15) is 24.2 Å². The second kappa shape index (κ2) is 4.95. The van der Waals surface area contributed by atoms with E-state index in [-0.39, 0.29) is 0 Å². The summed E-state index contributed by atoms with van der Waals surface area (Å²) >= 11 is 8.27. The number of hydrogen-bond acceptors (Lipinski definition) is 3. The van der Waals surface area contributed by atoms with Crippen molar-refractivity contribution in [3.63, 3.8) is 0 Å². The highest BCUT2D eigenvalue weighted by Crippen LogP contribution is 2.31. The maximum absolute atomic E-state index is 10.3. The summed E-state index contributed by atoms with van der Waals surface area (Å²) in [4.78, 5) is 0. The highest BCUT2D eigenvalue weighted by Gasteiger charge is 2.23. The van der Waals surface area contributed by atoms with Gasteiger partial charge in [0.2, 0.25) is 0 Å². The molecule has 0 saturated carbocycles. The van der Waals surface area contributed by atoms with Crippen molar-refractivity contribution in [2.45, 2.75) is 19.6 Å². The molecule has 0 aliphatic carbocycles. The van der Waals surface area contributed by atoms with Crippen LogP contribution in [0.5, 0.6) is 0 Å². The van der Waals surface area contributed by atoms with Crippen molar-refractivity contribution in [3.05, 3.63) is 32.4 Å². The molecule has 0 bridgehead atoms. The summed E-state index contributed by atoms with van der Waals surface area (Å²) < 4.78 is 4.02. The summed E-state index contributed by atoms with van der Waals surface area (Å²) in [6, 6.07) is 0. The van der Waals surface area contributed by atoms with E-state index in [9.17, 15) is 5.11 Å². The Morgan fingerprint density at radius 2 is 2.29 bits per heavy atom. The molecule has 2 aromatic rings. The van der Waals surface area contributed by atoms with Gasteiger partial charge in [-0.05, 0) is 29.5 Å². The van der Waals surface area contributed by atoms with Gasteiger partial charge in [0.25, 0.3) is 0 Å². The van der Waals surface area contributed by atoms with Crippen LogP contribution in [0, 0.1) is 3.70 Å². The molecule has 7 heteroatoms. The maximum Gasteiger partial charge on any atom is 0.134 e. The lowest BCUT2D eigenvalue weighted by molar-refractivity contribution is 0.219. The number of hydrogen-bond donors (Lipinski definition) is 1. The van der Waals surface area contributed by atoms with Crippen LogP contribution >= 0.6 is 34.2 Å². The highest BCUT2D eigenvalue weighted by molar-refractivity contribution is 14.1. The molecule has 5 nitrogen and oxygen atoms in total. The lowest BCUT2D eigenvalue weighted by Gasteiger charge is -2.07. The van der Waals surface area contributed by atoms with Gasteiger partial charge in [-0.3, -0.25) is 9.36 Å². The molecule has 0 radical (unpaired) electrons. The van der Waals surface area contributed by atoms with E-state index in [0.29, 0.717) is 26.5 Å². The number of aliphatic hydroxyl groups excluding tert-OH is 1. The maximum atomic E-state index is 10.3. The van der Waals surface area contributed by atoms with Crippen molar-refractivity contribution < 1.29 is 5.11 Å². The summed E-state index contributed by atoms with van der Waals surface area (Å²) in [6.45, 7) is 2.63. The SMILES string of the molecule is CCn1nc(I)c(C(O)c2cnn(C)c2)c1Cl. The van der Waals surface area contributed by atoms with E-state index in [0.717, 1.165) is 0 Å². The first-order valence-electron chi connectivity index (χ1n) is 5.13. The van der Waals surface area contributed by atoms with Crippen LogP contribution in [0.15, 0.2) is 12.4 Å². The van der Waals surface area contributed by atoms with E-state index in [4.69, 9.17) is 11.6 Å². The molecule has 0 aromatic carbocycles. The molecule has 92 valence electrons. The van der Waals surface area contributed by atoms with Gasteiger partial charge >= 0.3 is 0 Å². The molecule has 2 aromatic heterocycles. The molecular formula is C10H12ClIN4O. The van der Waals surface area contributed by atoms with Gasteiger partial charge in [-0.1, -0.05) is 11.6 Å². The Morgan fingerprint density at radius 1 is 1.59 bits per heavy atom. The standard InChI is InChI=1S/C10H12ClIN4O/c1-3-16-9(11)7(10(12)14-16)8(17)6-4-13-15(2)5-6/h4-5,8,17H,3H2,1-2H3. The lowest BCUT2D eigenvalue weighted by atomic mass is 10.1. The fourth-order valence-electron chi connectivity index (χ4n) is 1.61. The average molecular weight is 367 g/mol. The smallest absolute Gasteiger partial charge is 0.134 e. The lowest BCUT2D eigenvalue weighted by Crippen LogP contribution is -2.01. The summed E-state index contributed by atoms with van der Waals surface area (Å²) in [6.07, 6.45) is 2.60. The Hall–Kier alpha value is -0.600. The van der Waals surface area contributed by atoms with Crippen LogP contribution in [-0.4, -0.2) is 24.7 Å². The molecule has 0 spiro atoms. The summed E-state index contributed by atoms with van der Waals surface area (Å²) in [5.41, 5.74) is 1.35. The minimum absolute atomic E-state index is 0.480. The first kappa shape index (κ1) is 12.8. The summed E-state index contributed by atoms with van der Waals surface area (Å²) in [5, 5.41) is 19.1. The van der Waals surface area contributed by atoms with Gasteiger partial charge in [0.1, 0.15) is 15.0 Å². The third-order valence-corrected chi connectivity index (χ3v) is 3.69. The zero-order valence-electron chi connectivity index (χ0n) is 9.43. The topological polar surface area (TPSA) is 55.9 Å². The molecule has 1 N–H and O–H groups in total. The van der Waals surface area contributed by atoms with Crippen LogP contribution in [0.4, 0.5) is 0 Å². The second-order valence-electron chi connectivity index (χ2n) is 3.66. The predicted octanol–water partition coefficient (Wildman–Crippen LogP) is 1.98. The molecule has 0 saturated heterocycles. The normalized spacial score (nSPS) is 13.0. The molecular weight excluding hydrogens is 354 g/mol. The van der Waals surface area contributed by atoms with E-state index in [1.54, 1.807) is 28.8 Å². The summed E-state index contributed by atoms with van der Waals surface area (Å²) in [5.74, 6) is 0. The zero-order valence-corrected chi connectivity index (χ0v) is 12.3. The fourth-order valence-corrected chi connectivity index (χ4v) is 2.93. The Balaban J connectivity index is 2.43. The van der Waals surface area contributed by atoms with Crippen molar-refractivity contribution >= 4 is 34.2 Å². The zero-order chi connectivity index (χ0) is 12.6. The van der Waals surface area contributed by atoms with Crippen LogP contribution in [-0.2, 0) is 13.6 Å². The van der Waals surface area contributed by atoms with E-state index in [2.05, 4.69) is 32.8 Å². The van der Waals surface area contributed by atoms with E-state index < -0.39 is 6.10 Å². The molecule has 17 heavy (non-hydrogen) atoms. The van der Waals surface area contributed by atoms with Gasteiger partial charge in [-0.25, -0.2) is 0 Å². The number of nitrogens with zero attached hydrogens (tertiary/aromatic N) is 4. The van der Waals surface area contributed by atoms with E-state index >= 15 is 0 Å². The molecule has 0 fully saturated rings. The third-order valence-electron chi connectivity index (χ3n) is 2.49. The number of aromatic nitrogens is 4. The minimum atomic E-state index is -0.789.